The summed E-state index contributed by atoms with van der Waals surface area (Å²) in [6.45, 7) is 2.11. The zero-order valence-corrected chi connectivity index (χ0v) is 10.3. The van der Waals surface area contributed by atoms with E-state index in [1.807, 2.05) is 13.1 Å². The van der Waals surface area contributed by atoms with Gasteiger partial charge in [0.15, 0.2) is 0 Å². The van der Waals surface area contributed by atoms with E-state index >= 15 is 0 Å². The molecular formula is C14H17N3. The maximum absolute atomic E-state index is 4.68. The van der Waals surface area contributed by atoms with Crippen LogP contribution in [-0.4, -0.2) is 16.8 Å². The number of para-hydroxylation sites is 1. The molecule has 0 saturated carbocycles. The number of nitrogens with one attached hydrogen (secondary N) is 1. The molecule has 1 atom stereocenters. The van der Waals surface area contributed by atoms with E-state index in [0.717, 1.165) is 17.8 Å². The summed E-state index contributed by atoms with van der Waals surface area (Å²) < 4.78 is 2.10. The van der Waals surface area contributed by atoms with E-state index in [0.29, 0.717) is 6.04 Å². The van der Waals surface area contributed by atoms with Gasteiger partial charge < -0.3 is 5.32 Å². The number of aryl methyl sites for hydroxylation is 1. The second kappa shape index (κ2) is 4.00. The minimum atomic E-state index is 0.475. The van der Waals surface area contributed by atoms with E-state index in [2.05, 4.69) is 46.3 Å². The number of hydrogen-bond acceptors (Lipinski definition) is 2. The molecule has 0 fully saturated rings. The van der Waals surface area contributed by atoms with Crippen LogP contribution in [0.4, 0.5) is 0 Å². The second-order valence-electron chi connectivity index (χ2n) is 4.57. The largest absolute Gasteiger partial charge is 0.313 e. The fraction of sp³-hybridized carbons (Fsp3) is 0.357. The van der Waals surface area contributed by atoms with Gasteiger partial charge >= 0.3 is 0 Å². The lowest BCUT2D eigenvalue weighted by atomic mass is 10.1. The lowest BCUT2D eigenvalue weighted by Crippen LogP contribution is -2.13. The summed E-state index contributed by atoms with van der Waals surface area (Å²) in [6, 6.07) is 10.9. The van der Waals surface area contributed by atoms with Gasteiger partial charge in [-0.25, -0.2) is 4.68 Å². The molecule has 0 aliphatic heterocycles. The first-order valence-corrected chi connectivity index (χ1v) is 6.12. The highest BCUT2D eigenvalue weighted by molar-refractivity contribution is 5.41. The third-order valence-electron chi connectivity index (χ3n) is 3.57. The van der Waals surface area contributed by atoms with Crippen molar-refractivity contribution in [3.63, 3.8) is 0 Å². The summed E-state index contributed by atoms with van der Waals surface area (Å²) in [5.41, 5.74) is 5.08. The van der Waals surface area contributed by atoms with Crippen LogP contribution in [0.3, 0.4) is 0 Å². The molecular weight excluding hydrogens is 210 g/mol. The van der Waals surface area contributed by atoms with Crippen LogP contribution < -0.4 is 5.32 Å². The smallest absolute Gasteiger partial charge is 0.0649 e. The Morgan fingerprint density at radius 3 is 2.76 bits per heavy atom. The van der Waals surface area contributed by atoms with Crippen LogP contribution in [0, 0.1) is 6.92 Å². The molecule has 17 heavy (non-hydrogen) atoms. The van der Waals surface area contributed by atoms with Crippen molar-refractivity contribution in [1.82, 2.24) is 15.1 Å². The standard InChI is InChI=1S/C14H17N3/c1-10-14-12(15-2)8-9-13(14)17(16-10)11-6-4-3-5-7-11/h3-7,12,15H,8-9H2,1-2H3. The van der Waals surface area contributed by atoms with Crippen LogP contribution in [-0.2, 0) is 6.42 Å². The first kappa shape index (κ1) is 10.5. The van der Waals surface area contributed by atoms with Crippen molar-refractivity contribution in [3.05, 3.63) is 47.3 Å². The van der Waals surface area contributed by atoms with Gasteiger partial charge in [-0.05, 0) is 38.9 Å². The van der Waals surface area contributed by atoms with Crippen molar-refractivity contribution in [1.29, 1.82) is 0 Å². The molecule has 1 aromatic carbocycles. The Morgan fingerprint density at radius 2 is 2.06 bits per heavy atom. The average Bonchev–Trinajstić information content (AvgIpc) is 2.92. The monoisotopic (exact) mass is 227 g/mol. The Hall–Kier alpha value is -1.61. The average molecular weight is 227 g/mol. The van der Waals surface area contributed by atoms with E-state index in [-0.39, 0.29) is 0 Å². The summed E-state index contributed by atoms with van der Waals surface area (Å²) in [5, 5.41) is 8.05. The van der Waals surface area contributed by atoms with E-state index in [4.69, 9.17) is 0 Å². The van der Waals surface area contributed by atoms with Gasteiger partial charge in [-0.3, -0.25) is 0 Å². The molecule has 0 radical (unpaired) electrons. The molecule has 1 heterocycles. The van der Waals surface area contributed by atoms with Gasteiger partial charge in [0.05, 0.1) is 11.4 Å². The van der Waals surface area contributed by atoms with Gasteiger partial charge in [-0.1, -0.05) is 18.2 Å². The van der Waals surface area contributed by atoms with E-state index in [1.54, 1.807) is 0 Å². The Bertz CT molecular complexity index is 528. The number of benzene rings is 1. The maximum atomic E-state index is 4.68. The molecule has 0 saturated heterocycles. The first-order chi connectivity index (χ1) is 8.31. The van der Waals surface area contributed by atoms with Crippen LogP contribution in [0.25, 0.3) is 5.69 Å². The number of aromatic nitrogens is 2. The molecule has 0 bridgehead atoms. The van der Waals surface area contributed by atoms with Gasteiger partial charge in [0, 0.05) is 17.3 Å². The zero-order valence-electron chi connectivity index (χ0n) is 10.3. The highest BCUT2D eigenvalue weighted by Gasteiger charge is 2.28. The molecule has 1 unspecified atom stereocenters. The van der Waals surface area contributed by atoms with Crippen molar-refractivity contribution in [2.75, 3.05) is 7.05 Å². The van der Waals surface area contributed by atoms with Gasteiger partial charge in [-0.2, -0.15) is 5.10 Å². The van der Waals surface area contributed by atoms with E-state index in [9.17, 15) is 0 Å². The normalized spacial score (nSPS) is 18.4. The Kier molecular flexibility index (Phi) is 2.48. The predicted molar refractivity (Wildman–Crippen MR) is 68.4 cm³/mol. The fourth-order valence-electron chi connectivity index (χ4n) is 2.78. The maximum Gasteiger partial charge on any atom is 0.0649 e. The van der Waals surface area contributed by atoms with Crippen molar-refractivity contribution < 1.29 is 0 Å². The lowest BCUT2D eigenvalue weighted by Gasteiger charge is -2.07. The molecule has 1 aliphatic rings. The summed E-state index contributed by atoms with van der Waals surface area (Å²) in [5.74, 6) is 0. The Balaban J connectivity index is 2.13. The molecule has 3 heteroatoms. The number of rotatable bonds is 2. The third-order valence-corrected chi connectivity index (χ3v) is 3.57. The van der Waals surface area contributed by atoms with Crippen molar-refractivity contribution >= 4 is 0 Å². The molecule has 1 N–H and O–H groups in total. The highest BCUT2D eigenvalue weighted by Crippen LogP contribution is 2.34. The van der Waals surface area contributed by atoms with Crippen LogP contribution in [0.2, 0.25) is 0 Å². The summed E-state index contributed by atoms with van der Waals surface area (Å²) >= 11 is 0. The van der Waals surface area contributed by atoms with Gasteiger partial charge in [0.1, 0.15) is 0 Å². The summed E-state index contributed by atoms with van der Waals surface area (Å²) in [4.78, 5) is 0. The zero-order chi connectivity index (χ0) is 11.8. The van der Waals surface area contributed by atoms with E-state index < -0.39 is 0 Å². The Morgan fingerprint density at radius 1 is 1.29 bits per heavy atom. The van der Waals surface area contributed by atoms with Gasteiger partial charge in [0.2, 0.25) is 0 Å². The minimum absolute atomic E-state index is 0.475. The molecule has 3 nitrogen and oxygen atoms in total. The molecule has 0 amide bonds. The fourth-order valence-corrected chi connectivity index (χ4v) is 2.78. The number of fused-ring (bicyclic) bond motifs is 1. The molecule has 3 rings (SSSR count). The van der Waals surface area contributed by atoms with Crippen molar-refractivity contribution in [2.24, 2.45) is 0 Å². The lowest BCUT2D eigenvalue weighted by molar-refractivity contribution is 0.581. The highest BCUT2D eigenvalue weighted by atomic mass is 15.3. The minimum Gasteiger partial charge on any atom is -0.313 e. The summed E-state index contributed by atoms with van der Waals surface area (Å²) in [6.07, 6.45) is 2.29. The van der Waals surface area contributed by atoms with Crippen molar-refractivity contribution in [2.45, 2.75) is 25.8 Å². The predicted octanol–water partition coefficient (Wildman–Crippen LogP) is 2.39. The van der Waals surface area contributed by atoms with Crippen LogP contribution in [0.1, 0.15) is 29.4 Å². The third kappa shape index (κ3) is 1.58. The van der Waals surface area contributed by atoms with E-state index in [1.165, 1.54) is 17.7 Å². The van der Waals surface area contributed by atoms with Crippen LogP contribution in [0.15, 0.2) is 30.3 Å². The van der Waals surface area contributed by atoms with Gasteiger partial charge in [-0.15, -0.1) is 0 Å². The molecule has 1 aliphatic carbocycles. The van der Waals surface area contributed by atoms with Crippen LogP contribution in [0.5, 0.6) is 0 Å². The topological polar surface area (TPSA) is 29.9 Å². The second-order valence-corrected chi connectivity index (χ2v) is 4.57. The molecule has 1 aromatic heterocycles. The van der Waals surface area contributed by atoms with Crippen LogP contribution >= 0.6 is 0 Å². The Labute approximate surface area is 101 Å². The molecule has 0 spiro atoms. The quantitative estimate of drug-likeness (QED) is 0.853. The number of hydrogen-bond donors (Lipinski definition) is 1. The van der Waals surface area contributed by atoms with Gasteiger partial charge in [0.25, 0.3) is 0 Å². The SMILES string of the molecule is CNC1CCc2c1c(C)nn2-c1ccccc1. The molecule has 2 aromatic rings. The number of nitrogens with zero attached hydrogens (tertiary/aromatic N) is 2. The molecule has 88 valence electrons. The van der Waals surface area contributed by atoms with Crippen molar-refractivity contribution in [3.8, 4) is 5.69 Å². The first-order valence-electron chi connectivity index (χ1n) is 6.12. The summed E-state index contributed by atoms with van der Waals surface area (Å²) in [7, 11) is 2.03.